The van der Waals surface area contributed by atoms with Crippen molar-refractivity contribution in [3.63, 3.8) is 0 Å². The van der Waals surface area contributed by atoms with Gasteiger partial charge < -0.3 is 14.8 Å². The molecule has 0 unspecified atom stereocenters. The molecule has 1 aromatic carbocycles. The van der Waals surface area contributed by atoms with Crippen LogP contribution >= 0.6 is 11.3 Å². The van der Waals surface area contributed by atoms with Crippen LogP contribution in [0.2, 0.25) is 0 Å². The lowest BCUT2D eigenvalue weighted by atomic mass is 10.1. The summed E-state index contributed by atoms with van der Waals surface area (Å²) in [5.41, 5.74) is 1.72. The number of benzene rings is 1. The number of nitro benzene ring substituents is 1. The van der Waals surface area contributed by atoms with Gasteiger partial charge in [0.2, 0.25) is 5.75 Å². The third kappa shape index (κ3) is 4.07. The zero-order chi connectivity index (χ0) is 17.5. The Morgan fingerprint density at radius 3 is 2.92 bits per heavy atom. The number of rotatable bonds is 8. The zero-order valence-corrected chi connectivity index (χ0v) is 13.7. The van der Waals surface area contributed by atoms with Crippen LogP contribution in [-0.2, 0) is 11.3 Å². The minimum Gasteiger partial charge on any atom is -0.483 e. The molecule has 0 aliphatic carbocycles. The van der Waals surface area contributed by atoms with E-state index in [1.54, 1.807) is 11.7 Å². The second-order valence-electron chi connectivity index (χ2n) is 4.54. The first-order valence-corrected chi connectivity index (χ1v) is 7.70. The highest BCUT2D eigenvalue weighted by Gasteiger charge is 2.25. The number of nitrogens with zero attached hydrogens (tertiary/aromatic N) is 2. The third-order valence-corrected chi connectivity index (χ3v) is 3.75. The summed E-state index contributed by atoms with van der Waals surface area (Å²) in [5, 5.41) is 14.4. The quantitative estimate of drug-likeness (QED) is 0.338. The van der Waals surface area contributed by atoms with Crippen molar-refractivity contribution in [2.45, 2.75) is 6.54 Å². The summed E-state index contributed by atoms with van der Waals surface area (Å²) < 4.78 is 10.0. The van der Waals surface area contributed by atoms with Crippen molar-refractivity contribution >= 4 is 28.7 Å². The lowest BCUT2D eigenvalue weighted by Crippen LogP contribution is -2.09. The molecule has 126 valence electrons. The van der Waals surface area contributed by atoms with Crippen LogP contribution in [0.3, 0.4) is 0 Å². The van der Waals surface area contributed by atoms with E-state index in [-0.39, 0.29) is 29.3 Å². The maximum Gasteiger partial charge on any atom is 0.338 e. The van der Waals surface area contributed by atoms with Gasteiger partial charge in [0.15, 0.2) is 0 Å². The fraction of sp³-hybridized carbons (Fsp3) is 0.200. The highest BCUT2D eigenvalue weighted by Crippen LogP contribution is 2.37. The number of aromatic nitrogens is 1. The molecule has 0 fully saturated rings. The lowest BCUT2D eigenvalue weighted by Gasteiger charge is -2.12. The van der Waals surface area contributed by atoms with Crippen LogP contribution in [0.1, 0.15) is 15.2 Å². The first-order chi connectivity index (χ1) is 11.6. The Morgan fingerprint density at radius 1 is 1.54 bits per heavy atom. The van der Waals surface area contributed by atoms with Gasteiger partial charge in [-0.25, -0.2) is 4.79 Å². The number of nitrogens with one attached hydrogen (secondary N) is 1. The van der Waals surface area contributed by atoms with E-state index in [4.69, 9.17) is 4.74 Å². The van der Waals surface area contributed by atoms with Gasteiger partial charge in [-0.05, 0) is 6.07 Å². The third-order valence-electron chi connectivity index (χ3n) is 2.97. The molecular formula is C15H15N3O5S. The van der Waals surface area contributed by atoms with Gasteiger partial charge in [0.1, 0.15) is 12.3 Å². The van der Waals surface area contributed by atoms with Crippen LogP contribution in [0, 0.1) is 10.1 Å². The lowest BCUT2D eigenvalue weighted by molar-refractivity contribution is -0.384. The molecule has 0 bridgehead atoms. The summed E-state index contributed by atoms with van der Waals surface area (Å²) in [4.78, 5) is 27.5. The molecule has 0 spiro atoms. The second kappa shape index (κ2) is 8.06. The SMILES string of the molecule is C=CCOc1cc(C(=O)OC)cc(NCc2cncs2)c1[N+](=O)[O-]. The van der Waals surface area contributed by atoms with Gasteiger partial charge in [-0.3, -0.25) is 15.1 Å². The fourth-order valence-corrected chi connectivity index (χ4v) is 2.47. The first kappa shape index (κ1) is 17.4. The molecule has 0 aliphatic heterocycles. The van der Waals surface area contributed by atoms with Gasteiger partial charge >= 0.3 is 11.7 Å². The van der Waals surface area contributed by atoms with E-state index < -0.39 is 10.9 Å². The summed E-state index contributed by atoms with van der Waals surface area (Å²) >= 11 is 1.41. The molecule has 0 saturated heterocycles. The van der Waals surface area contributed by atoms with E-state index in [2.05, 4.69) is 21.6 Å². The van der Waals surface area contributed by atoms with Gasteiger partial charge in [-0.2, -0.15) is 0 Å². The molecule has 24 heavy (non-hydrogen) atoms. The van der Waals surface area contributed by atoms with Crippen molar-refractivity contribution < 1.29 is 19.2 Å². The van der Waals surface area contributed by atoms with Crippen molar-refractivity contribution in [3.05, 3.63) is 57.0 Å². The van der Waals surface area contributed by atoms with Crippen LogP contribution in [0.5, 0.6) is 5.75 Å². The van der Waals surface area contributed by atoms with Gasteiger partial charge in [-0.1, -0.05) is 12.7 Å². The summed E-state index contributed by atoms with van der Waals surface area (Å²) in [7, 11) is 1.23. The second-order valence-corrected chi connectivity index (χ2v) is 5.51. The summed E-state index contributed by atoms with van der Waals surface area (Å²) in [6.45, 7) is 3.91. The van der Waals surface area contributed by atoms with Crippen molar-refractivity contribution in [1.29, 1.82) is 0 Å². The highest BCUT2D eigenvalue weighted by atomic mass is 32.1. The summed E-state index contributed by atoms with van der Waals surface area (Å²) in [6.07, 6.45) is 3.11. The molecule has 8 nitrogen and oxygen atoms in total. The minimum atomic E-state index is -0.616. The van der Waals surface area contributed by atoms with Crippen LogP contribution < -0.4 is 10.1 Å². The van der Waals surface area contributed by atoms with Crippen molar-refractivity contribution in [3.8, 4) is 5.75 Å². The Morgan fingerprint density at radius 2 is 2.33 bits per heavy atom. The van der Waals surface area contributed by atoms with E-state index in [0.29, 0.717) is 6.54 Å². The van der Waals surface area contributed by atoms with Crippen LogP contribution in [0.25, 0.3) is 0 Å². The zero-order valence-electron chi connectivity index (χ0n) is 12.9. The Kier molecular flexibility index (Phi) is 5.85. The number of anilines is 1. The predicted molar refractivity (Wildman–Crippen MR) is 89.6 cm³/mol. The fourth-order valence-electron chi connectivity index (χ4n) is 1.94. The molecule has 0 amide bonds. The molecule has 0 aliphatic rings. The molecule has 2 aromatic rings. The van der Waals surface area contributed by atoms with Gasteiger partial charge in [-0.15, -0.1) is 11.3 Å². The van der Waals surface area contributed by atoms with Crippen molar-refractivity contribution in [2.75, 3.05) is 19.0 Å². The predicted octanol–water partition coefficient (Wildman–Crippen LogP) is 3.01. The van der Waals surface area contributed by atoms with Crippen LogP contribution in [0.4, 0.5) is 11.4 Å². The number of hydrogen-bond acceptors (Lipinski definition) is 8. The van der Waals surface area contributed by atoms with E-state index in [1.165, 1.54) is 36.7 Å². The standard InChI is InChI=1S/C15H15N3O5S/c1-3-4-23-13-6-10(15(19)22-2)5-12(14(13)18(20)21)17-8-11-7-16-9-24-11/h3,5-7,9,17H,1,4,8H2,2H3. The molecule has 0 saturated carbocycles. The minimum absolute atomic E-state index is 0.0328. The topological polar surface area (TPSA) is 104 Å². The van der Waals surface area contributed by atoms with Gasteiger partial charge in [0.25, 0.3) is 0 Å². The van der Waals surface area contributed by atoms with E-state index >= 15 is 0 Å². The number of methoxy groups -OCH3 is 1. The number of ether oxygens (including phenoxy) is 2. The summed E-state index contributed by atoms with van der Waals surface area (Å²) in [5.74, 6) is -0.649. The first-order valence-electron chi connectivity index (χ1n) is 6.82. The largest absolute Gasteiger partial charge is 0.483 e. The van der Waals surface area contributed by atoms with Crippen molar-refractivity contribution in [2.24, 2.45) is 0 Å². The average molecular weight is 349 g/mol. The van der Waals surface area contributed by atoms with E-state index in [0.717, 1.165) is 4.88 Å². The van der Waals surface area contributed by atoms with E-state index in [1.807, 2.05) is 0 Å². The monoisotopic (exact) mass is 349 g/mol. The molecule has 1 heterocycles. The Bertz CT molecular complexity index is 746. The number of thiazole rings is 1. The van der Waals surface area contributed by atoms with Gasteiger partial charge in [0.05, 0.1) is 29.7 Å². The number of esters is 1. The molecule has 0 atom stereocenters. The molecule has 1 aromatic heterocycles. The molecular weight excluding hydrogens is 334 g/mol. The number of hydrogen-bond donors (Lipinski definition) is 1. The maximum atomic E-state index is 11.8. The smallest absolute Gasteiger partial charge is 0.338 e. The number of nitro groups is 1. The molecule has 0 radical (unpaired) electrons. The van der Waals surface area contributed by atoms with Crippen LogP contribution in [0.15, 0.2) is 36.5 Å². The highest BCUT2D eigenvalue weighted by molar-refractivity contribution is 7.09. The van der Waals surface area contributed by atoms with Gasteiger partial charge in [0, 0.05) is 17.1 Å². The Hall–Kier alpha value is -2.94. The number of carbonyl (C=O) groups excluding carboxylic acids is 1. The van der Waals surface area contributed by atoms with Crippen LogP contribution in [-0.4, -0.2) is 29.6 Å². The Labute approximate surface area is 141 Å². The number of carbonyl (C=O) groups is 1. The normalized spacial score (nSPS) is 10.0. The summed E-state index contributed by atoms with van der Waals surface area (Å²) in [6, 6.07) is 2.65. The molecule has 1 N–H and O–H groups in total. The van der Waals surface area contributed by atoms with E-state index in [9.17, 15) is 14.9 Å². The average Bonchev–Trinajstić information content (AvgIpc) is 3.09. The molecule has 9 heteroatoms. The molecule has 2 rings (SSSR count). The van der Waals surface area contributed by atoms with Crippen molar-refractivity contribution in [1.82, 2.24) is 4.98 Å². The Balaban J connectivity index is 2.44. The maximum absolute atomic E-state index is 11.8.